The maximum Gasteiger partial charge on any atom is 0.243 e. The van der Waals surface area contributed by atoms with Crippen LogP contribution in [0.25, 0.3) is 0 Å². The van der Waals surface area contributed by atoms with Crippen LogP contribution in [0, 0.1) is 0 Å². The van der Waals surface area contributed by atoms with Gasteiger partial charge in [-0.15, -0.1) is 12.4 Å². The van der Waals surface area contributed by atoms with Gasteiger partial charge in [0.1, 0.15) is 4.75 Å². The highest BCUT2D eigenvalue weighted by Gasteiger charge is 2.42. The van der Waals surface area contributed by atoms with E-state index < -0.39 is 14.6 Å². The molecule has 5 nitrogen and oxygen atoms in total. The summed E-state index contributed by atoms with van der Waals surface area (Å²) in [6.07, 6.45) is 2.82. The summed E-state index contributed by atoms with van der Waals surface area (Å²) in [4.78, 5) is 13.7. The van der Waals surface area contributed by atoms with Gasteiger partial charge < -0.3 is 10.6 Å². The van der Waals surface area contributed by atoms with Crippen molar-refractivity contribution in [3.8, 4) is 0 Å². The molecule has 1 rings (SSSR count). The third-order valence-electron chi connectivity index (χ3n) is 3.19. The Hall–Kier alpha value is -0.330. The first-order valence-corrected chi connectivity index (χ1v) is 7.30. The van der Waals surface area contributed by atoms with Crippen molar-refractivity contribution < 1.29 is 13.2 Å². The molecule has 0 bridgehead atoms. The minimum absolute atomic E-state index is 0. The SMILES string of the molecule is CC(C)(C(=O)N1CCCC(N)C1)S(C)(=O)=O.Cl. The van der Waals surface area contributed by atoms with Crippen molar-refractivity contribution >= 4 is 28.2 Å². The van der Waals surface area contributed by atoms with Crippen molar-refractivity contribution in [2.24, 2.45) is 5.73 Å². The normalized spacial score (nSPS) is 21.9. The molecule has 1 unspecified atom stereocenters. The lowest BCUT2D eigenvalue weighted by molar-refractivity contribution is -0.134. The minimum Gasteiger partial charge on any atom is -0.340 e. The van der Waals surface area contributed by atoms with Crippen molar-refractivity contribution in [1.82, 2.24) is 4.90 Å². The van der Waals surface area contributed by atoms with Crippen LogP contribution < -0.4 is 5.73 Å². The number of amides is 1. The van der Waals surface area contributed by atoms with Gasteiger partial charge in [-0.05, 0) is 26.7 Å². The maximum atomic E-state index is 12.1. The summed E-state index contributed by atoms with van der Waals surface area (Å²) in [5.74, 6) is -0.342. The number of nitrogens with two attached hydrogens (primary N) is 1. The molecule has 102 valence electrons. The predicted molar refractivity (Wildman–Crippen MR) is 70.0 cm³/mol. The van der Waals surface area contributed by atoms with Gasteiger partial charge in [0.2, 0.25) is 5.91 Å². The molecule has 1 aliphatic heterocycles. The number of carbonyl (C=O) groups is 1. The summed E-state index contributed by atoms with van der Waals surface area (Å²) in [6.45, 7) is 3.96. The smallest absolute Gasteiger partial charge is 0.243 e. The Morgan fingerprint density at radius 3 is 2.35 bits per heavy atom. The third kappa shape index (κ3) is 3.56. The molecule has 0 saturated carbocycles. The van der Waals surface area contributed by atoms with E-state index >= 15 is 0 Å². The first-order valence-electron chi connectivity index (χ1n) is 5.41. The maximum absolute atomic E-state index is 12.1. The summed E-state index contributed by atoms with van der Waals surface area (Å²) < 4.78 is 21.7. The Kier molecular flexibility index (Phi) is 5.43. The molecule has 0 aromatic carbocycles. The first kappa shape index (κ1) is 16.7. The van der Waals surface area contributed by atoms with Gasteiger partial charge in [-0.25, -0.2) is 8.42 Å². The fraction of sp³-hybridized carbons (Fsp3) is 0.900. The lowest BCUT2D eigenvalue weighted by Gasteiger charge is -2.35. The summed E-state index contributed by atoms with van der Waals surface area (Å²) >= 11 is 0. The molecule has 0 spiro atoms. The highest BCUT2D eigenvalue weighted by atomic mass is 35.5. The standard InChI is InChI=1S/C10H20N2O3S.ClH/c1-10(2,16(3,14)15)9(13)12-6-4-5-8(11)7-12;/h8H,4-7,11H2,1-3H3;1H. The average Bonchev–Trinajstić information content (AvgIpc) is 2.14. The van der Waals surface area contributed by atoms with Gasteiger partial charge in [-0.2, -0.15) is 0 Å². The Balaban J connectivity index is 0.00000256. The van der Waals surface area contributed by atoms with E-state index in [2.05, 4.69) is 0 Å². The summed E-state index contributed by atoms with van der Waals surface area (Å²) in [5, 5.41) is 0. The lowest BCUT2D eigenvalue weighted by atomic mass is 10.0. The number of hydrogen-bond acceptors (Lipinski definition) is 4. The molecule has 0 aromatic heterocycles. The fourth-order valence-corrected chi connectivity index (χ4v) is 2.18. The Labute approximate surface area is 109 Å². The molecule has 17 heavy (non-hydrogen) atoms. The first-order chi connectivity index (χ1) is 7.16. The minimum atomic E-state index is -3.40. The van der Waals surface area contributed by atoms with Crippen LogP contribution in [0.4, 0.5) is 0 Å². The number of carbonyl (C=O) groups excluding carboxylic acids is 1. The number of hydrogen-bond donors (Lipinski definition) is 1. The highest BCUT2D eigenvalue weighted by Crippen LogP contribution is 2.21. The van der Waals surface area contributed by atoms with Gasteiger partial charge in [0, 0.05) is 25.4 Å². The second-order valence-electron chi connectivity index (χ2n) is 4.94. The molecule has 1 amide bonds. The Morgan fingerprint density at radius 1 is 1.41 bits per heavy atom. The topological polar surface area (TPSA) is 80.5 Å². The van der Waals surface area contributed by atoms with Crippen LogP contribution in [0.15, 0.2) is 0 Å². The van der Waals surface area contributed by atoms with Gasteiger partial charge >= 0.3 is 0 Å². The van der Waals surface area contributed by atoms with Gasteiger partial charge in [-0.3, -0.25) is 4.79 Å². The number of piperidine rings is 1. The molecule has 0 aliphatic carbocycles. The van der Waals surface area contributed by atoms with E-state index in [0.717, 1.165) is 19.1 Å². The van der Waals surface area contributed by atoms with Crippen LogP contribution in [-0.4, -0.2) is 49.4 Å². The van der Waals surface area contributed by atoms with Gasteiger partial charge in [0.15, 0.2) is 9.84 Å². The van der Waals surface area contributed by atoms with Gasteiger partial charge in [0.05, 0.1) is 0 Å². The van der Waals surface area contributed by atoms with E-state index in [0.29, 0.717) is 13.1 Å². The molecule has 1 atom stereocenters. The van der Waals surface area contributed by atoms with E-state index in [1.807, 2.05) is 0 Å². The molecular weight excluding hydrogens is 264 g/mol. The van der Waals surface area contributed by atoms with Crippen LogP contribution in [0.2, 0.25) is 0 Å². The van der Waals surface area contributed by atoms with Crippen molar-refractivity contribution in [2.75, 3.05) is 19.3 Å². The number of rotatable bonds is 2. The zero-order valence-corrected chi connectivity index (χ0v) is 12.1. The van der Waals surface area contributed by atoms with Crippen molar-refractivity contribution in [2.45, 2.75) is 37.5 Å². The van der Waals surface area contributed by atoms with E-state index in [9.17, 15) is 13.2 Å². The second kappa shape index (κ2) is 5.54. The molecule has 0 aromatic rings. The lowest BCUT2D eigenvalue weighted by Crippen LogP contribution is -2.54. The van der Waals surface area contributed by atoms with Crippen LogP contribution >= 0.6 is 12.4 Å². The van der Waals surface area contributed by atoms with E-state index in [1.54, 1.807) is 4.90 Å². The number of sulfone groups is 1. The Bertz CT molecular complexity index is 381. The predicted octanol–water partition coefficient (Wildman–Crippen LogP) is 0.181. The van der Waals surface area contributed by atoms with E-state index in [-0.39, 0.29) is 24.4 Å². The molecule has 2 N–H and O–H groups in total. The van der Waals surface area contributed by atoms with Crippen LogP contribution in [0.1, 0.15) is 26.7 Å². The molecule has 7 heteroatoms. The van der Waals surface area contributed by atoms with E-state index in [4.69, 9.17) is 5.73 Å². The molecular formula is C10H21ClN2O3S. The highest BCUT2D eigenvalue weighted by molar-refractivity contribution is 7.92. The van der Waals surface area contributed by atoms with Crippen LogP contribution in [-0.2, 0) is 14.6 Å². The third-order valence-corrected chi connectivity index (χ3v) is 5.22. The molecule has 0 radical (unpaired) electrons. The van der Waals surface area contributed by atoms with Crippen molar-refractivity contribution in [1.29, 1.82) is 0 Å². The zero-order valence-electron chi connectivity index (χ0n) is 10.5. The van der Waals surface area contributed by atoms with Gasteiger partial charge in [0.25, 0.3) is 0 Å². The quantitative estimate of drug-likeness (QED) is 0.784. The molecule has 1 aliphatic rings. The summed E-state index contributed by atoms with van der Waals surface area (Å²) in [7, 11) is -3.40. The van der Waals surface area contributed by atoms with Crippen LogP contribution in [0.5, 0.6) is 0 Å². The fourth-order valence-electron chi connectivity index (χ4n) is 1.73. The van der Waals surface area contributed by atoms with E-state index in [1.165, 1.54) is 13.8 Å². The monoisotopic (exact) mass is 284 g/mol. The van der Waals surface area contributed by atoms with Gasteiger partial charge in [-0.1, -0.05) is 0 Å². The number of nitrogens with zero attached hydrogens (tertiary/aromatic N) is 1. The number of halogens is 1. The average molecular weight is 285 g/mol. The van der Waals surface area contributed by atoms with Crippen molar-refractivity contribution in [3.63, 3.8) is 0 Å². The molecule has 1 saturated heterocycles. The molecule has 1 fully saturated rings. The summed E-state index contributed by atoms with van der Waals surface area (Å²) in [5.41, 5.74) is 5.77. The van der Waals surface area contributed by atoms with Crippen LogP contribution in [0.3, 0.4) is 0 Å². The molecule has 1 heterocycles. The zero-order chi connectivity index (χ0) is 12.6. The van der Waals surface area contributed by atoms with Crippen molar-refractivity contribution in [3.05, 3.63) is 0 Å². The second-order valence-corrected chi connectivity index (χ2v) is 7.50. The summed E-state index contributed by atoms with van der Waals surface area (Å²) in [6, 6.07) is -0.0342. The Morgan fingerprint density at radius 2 is 1.94 bits per heavy atom. The number of likely N-dealkylation sites (tertiary alicyclic amines) is 1. The largest absolute Gasteiger partial charge is 0.340 e.